The molecule has 0 heterocycles. The van der Waals surface area contributed by atoms with E-state index in [0.29, 0.717) is 6.04 Å². The summed E-state index contributed by atoms with van der Waals surface area (Å²) in [6.07, 6.45) is 10.7. The van der Waals surface area contributed by atoms with Gasteiger partial charge in [-0.05, 0) is 61.6 Å². The Labute approximate surface area is 131 Å². The summed E-state index contributed by atoms with van der Waals surface area (Å²) in [5, 5.41) is 3.76. The molecule has 1 aliphatic rings. The van der Waals surface area contributed by atoms with E-state index in [1.165, 1.54) is 62.6 Å². The highest BCUT2D eigenvalue weighted by molar-refractivity contribution is 5.45. The van der Waals surface area contributed by atoms with Gasteiger partial charge in [0.05, 0.1) is 0 Å². The van der Waals surface area contributed by atoms with Crippen molar-refractivity contribution >= 4 is 5.69 Å². The summed E-state index contributed by atoms with van der Waals surface area (Å²) in [4.78, 5) is 0. The lowest BCUT2D eigenvalue weighted by atomic mass is 9.89. The van der Waals surface area contributed by atoms with Crippen molar-refractivity contribution in [3.05, 3.63) is 29.8 Å². The lowest BCUT2D eigenvalue weighted by molar-refractivity contribution is 0.341. The van der Waals surface area contributed by atoms with Crippen LogP contribution in [0.1, 0.15) is 71.3 Å². The molecule has 0 aliphatic heterocycles. The molecule has 2 unspecified atom stereocenters. The maximum Gasteiger partial charge on any atom is 0.0342 e. The smallest absolute Gasteiger partial charge is 0.0342 e. The summed E-state index contributed by atoms with van der Waals surface area (Å²) in [7, 11) is 0. The van der Waals surface area contributed by atoms with Gasteiger partial charge in [-0.15, -0.1) is 0 Å². The van der Waals surface area contributed by atoms with Gasteiger partial charge in [0.2, 0.25) is 0 Å². The number of unbranched alkanes of at least 4 members (excludes halogenated alkanes) is 1. The number of nitrogens with one attached hydrogen (secondary N) is 1. The molecule has 2 rings (SSSR count). The minimum atomic E-state index is 0.676. The quantitative estimate of drug-likeness (QED) is 0.628. The summed E-state index contributed by atoms with van der Waals surface area (Å²) >= 11 is 0. The van der Waals surface area contributed by atoms with E-state index < -0.39 is 0 Å². The first-order valence-corrected chi connectivity index (χ1v) is 9.04. The van der Waals surface area contributed by atoms with Crippen molar-refractivity contribution in [1.29, 1.82) is 0 Å². The summed E-state index contributed by atoms with van der Waals surface area (Å²) in [5.41, 5.74) is 2.78. The van der Waals surface area contributed by atoms with E-state index in [0.717, 1.165) is 11.8 Å². The van der Waals surface area contributed by atoms with Gasteiger partial charge >= 0.3 is 0 Å². The fraction of sp³-hybridized carbons (Fsp3) is 0.700. The maximum absolute atomic E-state index is 3.76. The van der Waals surface area contributed by atoms with E-state index in [-0.39, 0.29) is 0 Å². The van der Waals surface area contributed by atoms with Crippen molar-refractivity contribution < 1.29 is 0 Å². The van der Waals surface area contributed by atoms with Crippen molar-refractivity contribution in [2.24, 2.45) is 11.8 Å². The van der Waals surface area contributed by atoms with Crippen LogP contribution >= 0.6 is 0 Å². The molecule has 1 nitrogen and oxygen atoms in total. The summed E-state index contributed by atoms with van der Waals surface area (Å²) in [6, 6.07) is 9.82. The fourth-order valence-corrected chi connectivity index (χ4v) is 3.53. The van der Waals surface area contributed by atoms with Crippen LogP contribution < -0.4 is 5.32 Å². The second kappa shape index (κ2) is 8.46. The third-order valence-electron chi connectivity index (χ3n) is 5.10. The van der Waals surface area contributed by atoms with Crippen LogP contribution in [0, 0.1) is 11.8 Å². The molecule has 21 heavy (non-hydrogen) atoms. The molecule has 0 spiro atoms. The molecule has 1 aliphatic carbocycles. The van der Waals surface area contributed by atoms with Crippen molar-refractivity contribution in [3.8, 4) is 0 Å². The van der Waals surface area contributed by atoms with Crippen LogP contribution in [0.25, 0.3) is 0 Å². The molecule has 1 aromatic rings. The zero-order valence-corrected chi connectivity index (χ0v) is 14.2. The van der Waals surface area contributed by atoms with Crippen molar-refractivity contribution in [3.63, 3.8) is 0 Å². The average Bonchev–Trinajstić information content (AvgIpc) is 2.72. The Hall–Kier alpha value is -0.980. The Kier molecular flexibility index (Phi) is 6.60. The van der Waals surface area contributed by atoms with Gasteiger partial charge < -0.3 is 5.32 Å². The lowest BCUT2D eigenvalue weighted by Gasteiger charge is -2.20. The molecule has 1 saturated carbocycles. The fourth-order valence-electron chi connectivity index (χ4n) is 3.53. The summed E-state index contributed by atoms with van der Waals surface area (Å²) in [5.74, 6) is 1.79. The lowest BCUT2D eigenvalue weighted by Crippen LogP contribution is -2.18. The van der Waals surface area contributed by atoms with Crippen LogP contribution in [0.4, 0.5) is 5.69 Å². The largest absolute Gasteiger partial charge is 0.382 e. The predicted molar refractivity (Wildman–Crippen MR) is 93.9 cm³/mol. The molecule has 118 valence electrons. The molecule has 0 saturated heterocycles. The van der Waals surface area contributed by atoms with E-state index in [1.54, 1.807) is 0 Å². The zero-order valence-electron chi connectivity index (χ0n) is 14.2. The second-order valence-electron chi connectivity index (χ2n) is 7.15. The van der Waals surface area contributed by atoms with E-state index in [9.17, 15) is 0 Å². The number of hydrogen-bond acceptors (Lipinski definition) is 1. The minimum Gasteiger partial charge on any atom is -0.382 e. The van der Waals surface area contributed by atoms with Gasteiger partial charge in [-0.25, -0.2) is 0 Å². The molecule has 0 bridgehead atoms. The molecular formula is C20H33N. The Morgan fingerprint density at radius 1 is 1.05 bits per heavy atom. The molecular weight excluding hydrogens is 254 g/mol. The first-order valence-electron chi connectivity index (χ1n) is 9.04. The van der Waals surface area contributed by atoms with Gasteiger partial charge in [-0.2, -0.15) is 0 Å². The highest BCUT2D eigenvalue weighted by Crippen LogP contribution is 2.30. The third kappa shape index (κ3) is 5.37. The molecule has 0 aromatic heterocycles. The van der Waals surface area contributed by atoms with E-state index in [1.807, 2.05) is 0 Å². The summed E-state index contributed by atoms with van der Waals surface area (Å²) < 4.78 is 0. The van der Waals surface area contributed by atoms with Gasteiger partial charge in [-0.3, -0.25) is 0 Å². The Balaban J connectivity index is 1.83. The highest BCUT2D eigenvalue weighted by atomic mass is 14.9. The van der Waals surface area contributed by atoms with Gasteiger partial charge in [-0.1, -0.05) is 52.2 Å². The van der Waals surface area contributed by atoms with Crippen LogP contribution in [-0.2, 0) is 6.42 Å². The molecule has 0 amide bonds. The van der Waals surface area contributed by atoms with E-state index >= 15 is 0 Å². The topological polar surface area (TPSA) is 12.0 Å². The van der Waals surface area contributed by atoms with Crippen LogP contribution in [0.5, 0.6) is 0 Å². The molecule has 1 heteroatoms. The van der Waals surface area contributed by atoms with Crippen LogP contribution in [-0.4, -0.2) is 6.04 Å². The monoisotopic (exact) mass is 287 g/mol. The molecule has 1 N–H and O–H groups in total. The zero-order chi connectivity index (χ0) is 15.1. The van der Waals surface area contributed by atoms with E-state index in [4.69, 9.17) is 0 Å². The van der Waals surface area contributed by atoms with Crippen LogP contribution in [0.2, 0.25) is 0 Å². The van der Waals surface area contributed by atoms with Crippen LogP contribution in [0.15, 0.2) is 24.3 Å². The molecule has 2 atom stereocenters. The molecule has 1 aromatic carbocycles. The third-order valence-corrected chi connectivity index (χ3v) is 5.10. The van der Waals surface area contributed by atoms with E-state index in [2.05, 4.69) is 50.4 Å². The number of rotatable bonds is 6. The first-order chi connectivity index (χ1) is 10.2. The SMILES string of the molecule is CCCCc1ccc(NC2CCCC(C(C)C)CC2)cc1. The number of benzene rings is 1. The average molecular weight is 287 g/mol. The number of hydrogen-bond donors (Lipinski definition) is 1. The van der Waals surface area contributed by atoms with Gasteiger partial charge in [0.15, 0.2) is 0 Å². The second-order valence-corrected chi connectivity index (χ2v) is 7.15. The first kappa shape index (κ1) is 16.4. The molecule has 1 fully saturated rings. The predicted octanol–water partition coefficient (Wildman–Crippen LogP) is 6.05. The van der Waals surface area contributed by atoms with Gasteiger partial charge in [0.1, 0.15) is 0 Å². The maximum atomic E-state index is 3.76. The van der Waals surface area contributed by atoms with Crippen molar-refractivity contribution in [2.75, 3.05) is 5.32 Å². The van der Waals surface area contributed by atoms with Crippen molar-refractivity contribution in [2.45, 2.75) is 78.2 Å². The number of anilines is 1. The van der Waals surface area contributed by atoms with Crippen molar-refractivity contribution in [1.82, 2.24) is 0 Å². The highest BCUT2D eigenvalue weighted by Gasteiger charge is 2.20. The summed E-state index contributed by atoms with van der Waals surface area (Å²) in [6.45, 7) is 7.02. The number of aryl methyl sites for hydroxylation is 1. The Bertz CT molecular complexity index is 393. The van der Waals surface area contributed by atoms with Gasteiger partial charge in [0.25, 0.3) is 0 Å². The van der Waals surface area contributed by atoms with Crippen LogP contribution in [0.3, 0.4) is 0 Å². The normalized spacial score (nSPS) is 23.0. The Morgan fingerprint density at radius 2 is 1.81 bits per heavy atom. The van der Waals surface area contributed by atoms with Gasteiger partial charge in [0, 0.05) is 11.7 Å². The standard InChI is InChI=1S/C20H33N/c1-4-5-7-17-10-13-20(14-11-17)21-19-9-6-8-18(12-15-19)16(2)3/h10-11,13-14,16,18-19,21H,4-9,12,15H2,1-3H3. The molecule has 0 radical (unpaired) electrons. The minimum absolute atomic E-state index is 0.676. The Morgan fingerprint density at radius 3 is 2.48 bits per heavy atom.